The first-order valence-corrected chi connectivity index (χ1v) is 6.79. The van der Waals surface area contributed by atoms with E-state index in [0.717, 1.165) is 4.90 Å². The Morgan fingerprint density at radius 1 is 0.957 bits per heavy atom. The molecule has 2 aromatic rings. The van der Waals surface area contributed by atoms with Crippen LogP contribution >= 0.6 is 0 Å². The lowest BCUT2D eigenvalue weighted by Crippen LogP contribution is -2.33. The highest BCUT2D eigenvalue weighted by molar-refractivity contribution is 6.21. The Bertz CT molecular complexity index is 775. The fourth-order valence-corrected chi connectivity index (χ4v) is 2.26. The zero-order chi connectivity index (χ0) is 16.4. The van der Waals surface area contributed by atoms with Gasteiger partial charge in [0.2, 0.25) is 0 Å². The highest BCUT2D eigenvalue weighted by atomic mass is 16.5. The Balaban J connectivity index is 1.69. The molecule has 0 bridgehead atoms. The van der Waals surface area contributed by atoms with Gasteiger partial charge in [0.1, 0.15) is 6.29 Å². The lowest BCUT2D eigenvalue weighted by molar-refractivity contribution is 0.0228. The van der Waals surface area contributed by atoms with Gasteiger partial charge in [-0.3, -0.25) is 14.4 Å². The summed E-state index contributed by atoms with van der Waals surface area (Å²) in [6.07, 6.45) is 0.661. The molecular formula is C17H11NO5. The van der Waals surface area contributed by atoms with Crippen LogP contribution in [0.25, 0.3) is 0 Å². The summed E-state index contributed by atoms with van der Waals surface area (Å²) in [5.41, 5.74) is 1.25. The van der Waals surface area contributed by atoms with Gasteiger partial charge in [0.25, 0.3) is 11.8 Å². The predicted molar refractivity (Wildman–Crippen MR) is 79.1 cm³/mol. The van der Waals surface area contributed by atoms with Crippen LogP contribution in [0.3, 0.4) is 0 Å². The van der Waals surface area contributed by atoms with Gasteiger partial charge in [-0.15, -0.1) is 0 Å². The molecule has 6 nitrogen and oxygen atoms in total. The molecule has 0 aliphatic carbocycles. The average Bonchev–Trinajstić information content (AvgIpc) is 2.84. The van der Waals surface area contributed by atoms with Crippen molar-refractivity contribution in [3.05, 3.63) is 70.8 Å². The largest absolute Gasteiger partial charge is 0.440 e. The number of rotatable bonds is 4. The van der Waals surface area contributed by atoms with Crippen LogP contribution < -0.4 is 0 Å². The molecule has 2 amide bonds. The molecule has 0 unspecified atom stereocenters. The Morgan fingerprint density at radius 2 is 1.52 bits per heavy atom. The number of nitrogens with zero attached hydrogens (tertiary/aromatic N) is 1. The van der Waals surface area contributed by atoms with Crippen molar-refractivity contribution in [2.45, 2.75) is 0 Å². The lowest BCUT2D eigenvalue weighted by Gasteiger charge is -2.13. The van der Waals surface area contributed by atoms with Crippen molar-refractivity contribution in [3.8, 4) is 0 Å². The number of amides is 2. The van der Waals surface area contributed by atoms with E-state index in [9.17, 15) is 19.2 Å². The van der Waals surface area contributed by atoms with E-state index in [4.69, 9.17) is 4.74 Å². The number of carbonyl (C=O) groups excluding carboxylic acids is 4. The average molecular weight is 309 g/mol. The maximum Gasteiger partial charge on any atom is 0.339 e. The summed E-state index contributed by atoms with van der Waals surface area (Å²) in [6.45, 7) is -0.458. The van der Waals surface area contributed by atoms with Gasteiger partial charge in [-0.1, -0.05) is 24.3 Å². The highest BCUT2D eigenvalue weighted by Gasteiger charge is 2.35. The summed E-state index contributed by atoms with van der Waals surface area (Å²) in [7, 11) is 0. The molecule has 0 saturated heterocycles. The topological polar surface area (TPSA) is 80.8 Å². The Morgan fingerprint density at radius 3 is 2.04 bits per heavy atom. The number of ether oxygens (including phenoxy) is 1. The molecule has 1 aliphatic rings. The monoisotopic (exact) mass is 309 g/mol. The third-order valence-corrected chi connectivity index (χ3v) is 3.49. The quantitative estimate of drug-likeness (QED) is 0.489. The highest BCUT2D eigenvalue weighted by Crippen LogP contribution is 2.22. The second-order valence-electron chi connectivity index (χ2n) is 4.88. The maximum atomic E-state index is 12.1. The zero-order valence-electron chi connectivity index (χ0n) is 11.9. The van der Waals surface area contributed by atoms with Crippen molar-refractivity contribution in [2.24, 2.45) is 0 Å². The molecule has 6 heteroatoms. The summed E-state index contributed by atoms with van der Waals surface area (Å²) in [6, 6.07) is 12.3. The van der Waals surface area contributed by atoms with Gasteiger partial charge < -0.3 is 4.74 Å². The van der Waals surface area contributed by atoms with Crippen LogP contribution in [0.1, 0.15) is 41.4 Å². The summed E-state index contributed by atoms with van der Waals surface area (Å²) in [4.78, 5) is 47.6. The predicted octanol–water partition coefficient (Wildman–Crippen LogP) is 1.91. The van der Waals surface area contributed by atoms with Gasteiger partial charge in [0, 0.05) is 5.56 Å². The Labute approximate surface area is 131 Å². The van der Waals surface area contributed by atoms with Crippen LogP contribution in [0.15, 0.2) is 48.5 Å². The van der Waals surface area contributed by atoms with E-state index < -0.39 is 24.5 Å². The molecular weight excluding hydrogens is 298 g/mol. The summed E-state index contributed by atoms with van der Waals surface area (Å²) in [5.74, 6) is -1.66. The van der Waals surface area contributed by atoms with Gasteiger partial charge in [-0.05, 0) is 24.3 Å². The minimum Gasteiger partial charge on any atom is -0.440 e. The van der Waals surface area contributed by atoms with Crippen LogP contribution in [-0.4, -0.2) is 35.7 Å². The van der Waals surface area contributed by atoms with Crippen molar-refractivity contribution in [1.82, 2.24) is 4.90 Å². The normalized spacial score (nSPS) is 13.0. The van der Waals surface area contributed by atoms with Gasteiger partial charge in [-0.2, -0.15) is 0 Å². The molecule has 0 fully saturated rings. The first kappa shape index (κ1) is 14.6. The van der Waals surface area contributed by atoms with E-state index in [1.165, 1.54) is 24.3 Å². The lowest BCUT2D eigenvalue weighted by atomic mass is 10.1. The SMILES string of the molecule is O=Cc1ccc(C(=O)OCN2C(=O)c3ccccc3C2=O)cc1. The smallest absolute Gasteiger partial charge is 0.339 e. The standard InChI is InChI=1S/C17H11NO5/c19-9-11-5-7-12(8-6-11)17(22)23-10-18-15(20)13-3-1-2-4-14(13)16(18)21/h1-9H,10H2. The molecule has 0 radical (unpaired) electrons. The van der Waals surface area contributed by atoms with Gasteiger partial charge in [-0.25, -0.2) is 9.69 Å². The summed E-state index contributed by atoms with van der Waals surface area (Å²) >= 11 is 0. The molecule has 0 spiro atoms. The van der Waals surface area contributed by atoms with Crippen LogP contribution in [0.4, 0.5) is 0 Å². The van der Waals surface area contributed by atoms with Crippen molar-refractivity contribution < 1.29 is 23.9 Å². The third-order valence-electron chi connectivity index (χ3n) is 3.49. The number of benzene rings is 2. The number of esters is 1. The van der Waals surface area contributed by atoms with Crippen LogP contribution in [0, 0.1) is 0 Å². The van der Waals surface area contributed by atoms with E-state index in [1.54, 1.807) is 24.3 Å². The van der Waals surface area contributed by atoms with Crippen LogP contribution in [0.5, 0.6) is 0 Å². The maximum absolute atomic E-state index is 12.1. The van der Waals surface area contributed by atoms with Crippen molar-refractivity contribution >= 4 is 24.1 Å². The fraction of sp³-hybridized carbons (Fsp3) is 0.0588. The second-order valence-corrected chi connectivity index (χ2v) is 4.88. The Kier molecular flexibility index (Phi) is 3.72. The van der Waals surface area contributed by atoms with Crippen LogP contribution in [-0.2, 0) is 4.74 Å². The molecule has 1 heterocycles. The molecule has 0 N–H and O–H groups in total. The molecule has 1 aliphatic heterocycles. The molecule has 23 heavy (non-hydrogen) atoms. The van der Waals surface area contributed by atoms with Gasteiger partial charge in [0.15, 0.2) is 6.73 Å². The van der Waals surface area contributed by atoms with E-state index >= 15 is 0 Å². The minimum atomic E-state index is -0.681. The second kappa shape index (κ2) is 5.84. The number of imide groups is 1. The number of carbonyl (C=O) groups is 4. The van der Waals surface area contributed by atoms with Crippen molar-refractivity contribution in [3.63, 3.8) is 0 Å². The van der Waals surface area contributed by atoms with Crippen molar-refractivity contribution in [1.29, 1.82) is 0 Å². The molecule has 0 atom stereocenters. The summed E-state index contributed by atoms with van der Waals surface area (Å²) < 4.78 is 5.01. The minimum absolute atomic E-state index is 0.229. The number of hydrogen-bond donors (Lipinski definition) is 0. The van der Waals surface area contributed by atoms with Gasteiger partial charge >= 0.3 is 5.97 Å². The molecule has 2 aromatic carbocycles. The van der Waals surface area contributed by atoms with Crippen LogP contribution in [0.2, 0.25) is 0 Å². The first-order chi connectivity index (χ1) is 11.1. The van der Waals surface area contributed by atoms with E-state index in [2.05, 4.69) is 0 Å². The third kappa shape index (κ3) is 2.62. The first-order valence-electron chi connectivity index (χ1n) is 6.79. The molecule has 3 rings (SSSR count). The number of aldehydes is 1. The zero-order valence-corrected chi connectivity index (χ0v) is 11.9. The molecule has 114 valence electrons. The fourth-order valence-electron chi connectivity index (χ4n) is 2.26. The van der Waals surface area contributed by atoms with E-state index in [1.807, 2.05) is 0 Å². The van der Waals surface area contributed by atoms with Gasteiger partial charge in [0.05, 0.1) is 16.7 Å². The number of fused-ring (bicyclic) bond motifs is 1. The number of hydrogen-bond acceptors (Lipinski definition) is 5. The summed E-state index contributed by atoms with van der Waals surface area (Å²) in [5, 5.41) is 0. The Hall–Kier alpha value is -3.28. The van der Waals surface area contributed by atoms with E-state index in [0.29, 0.717) is 23.0 Å². The molecule has 0 saturated carbocycles. The molecule has 0 aromatic heterocycles. The van der Waals surface area contributed by atoms with E-state index in [-0.39, 0.29) is 5.56 Å². The van der Waals surface area contributed by atoms with Crippen molar-refractivity contribution in [2.75, 3.05) is 6.73 Å².